The number of ether oxygens (including phenoxy) is 1. The molecule has 112 valence electrons. The average Bonchev–Trinajstić information content (AvgIpc) is 2.63. The molecule has 1 fully saturated rings. The molecule has 0 aromatic carbocycles. The fraction of sp³-hybridized carbons (Fsp3) is 0.750. The molecule has 4 heteroatoms. The zero-order valence-corrected chi connectivity index (χ0v) is 13.6. The quantitative estimate of drug-likeness (QED) is 0.771. The maximum atomic E-state index is 12.8. The van der Waals surface area contributed by atoms with Gasteiger partial charge in [0.1, 0.15) is 10.6 Å². The molecule has 0 radical (unpaired) electrons. The molecular formula is C16H25NO2S. The number of rotatable bonds is 5. The molecule has 0 spiro atoms. The highest BCUT2D eigenvalue weighted by atomic mass is 32.1. The summed E-state index contributed by atoms with van der Waals surface area (Å²) < 4.78 is 5.95. The maximum absolute atomic E-state index is 12.8. The fourth-order valence-corrected chi connectivity index (χ4v) is 3.93. The van der Waals surface area contributed by atoms with E-state index in [1.54, 1.807) is 11.3 Å². The molecule has 0 bridgehead atoms. The van der Waals surface area contributed by atoms with Crippen LogP contribution in [0, 0.1) is 13.8 Å². The van der Waals surface area contributed by atoms with Gasteiger partial charge in [-0.2, -0.15) is 0 Å². The minimum Gasteiger partial charge on any atom is -0.367 e. The topological polar surface area (TPSA) is 39.2 Å². The molecule has 1 saturated carbocycles. The summed E-state index contributed by atoms with van der Waals surface area (Å²) in [7, 11) is 0. The second-order valence-electron chi connectivity index (χ2n) is 5.69. The van der Waals surface area contributed by atoms with Gasteiger partial charge in [-0.15, -0.1) is 11.3 Å². The zero-order chi connectivity index (χ0) is 14.6. The Hall–Kier alpha value is -0.740. The third-order valence-corrected chi connectivity index (χ3v) is 5.30. The first kappa shape index (κ1) is 15.6. The van der Waals surface area contributed by atoms with Gasteiger partial charge < -0.3 is 4.74 Å². The van der Waals surface area contributed by atoms with Gasteiger partial charge >= 0.3 is 0 Å². The summed E-state index contributed by atoms with van der Waals surface area (Å²) in [5.74, 6) is 0.231. The molecule has 1 aromatic heterocycles. The van der Waals surface area contributed by atoms with Crippen molar-refractivity contribution in [1.82, 2.24) is 4.98 Å². The van der Waals surface area contributed by atoms with Crippen LogP contribution in [0.2, 0.25) is 0 Å². The Kier molecular flexibility index (Phi) is 5.33. The van der Waals surface area contributed by atoms with Crippen LogP contribution in [0.3, 0.4) is 0 Å². The van der Waals surface area contributed by atoms with Gasteiger partial charge in [0, 0.05) is 11.5 Å². The molecule has 1 aliphatic rings. The van der Waals surface area contributed by atoms with Crippen LogP contribution in [-0.4, -0.2) is 23.0 Å². The molecule has 0 saturated heterocycles. The molecule has 0 N–H and O–H groups in total. The summed E-state index contributed by atoms with van der Waals surface area (Å²) in [5.41, 5.74) is 0.503. The second-order valence-corrected chi connectivity index (χ2v) is 6.98. The number of thiazole rings is 1. The summed E-state index contributed by atoms with van der Waals surface area (Å²) in [6, 6.07) is 0. The Morgan fingerprint density at radius 3 is 2.40 bits per heavy atom. The van der Waals surface area contributed by atoms with Crippen molar-refractivity contribution in [2.24, 2.45) is 0 Å². The first-order valence-corrected chi connectivity index (χ1v) is 8.49. The number of ketones is 1. The van der Waals surface area contributed by atoms with E-state index in [-0.39, 0.29) is 5.78 Å². The highest BCUT2D eigenvalue weighted by Crippen LogP contribution is 2.33. The maximum Gasteiger partial charge on any atom is 0.171 e. The smallest absolute Gasteiger partial charge is 0.171 e. The lowest BCUT2D eigenvalue weighted by Crippen LogP contribution is -2.42. The molecule has 2 rings (SSSR count). The van der Waals surface area contributed by atoms with E-state index in [0.29, 0.717) is 13.0 Å². The highest BCUT2D eigenvalue weighted by molar-refractivity contribution is 7.11. The largest absolute Gasteiger partial charge is 0.367 e. The summed E-state index contributed by atoms with van der Waals surface area (Å²) in [4.78, 5) is 18.5. The second kappa shape index (κ2) is 6.81. The van der Waals surface area contributed by atoms with Gasteiger partial charge in [0.25, 0.3) is 0 Å². The number of nitrogens with zero attached hydrogens (tertiary/aromatic N) is 1. The molecule has 3 nitrogen and oxygen atoms in total. The minimum atomic E-state index is -0.543. The Bertz CT molecular complexity index is 440. The van der Waals surface area contributed by atoms with E-state index in [0.717, 1.165) is 36.4 Å². The van der Waals surface area contributed by atoms with Crippen molar-refractivity contribution in [2.45, 2.75) is 71.3 Å². The molecule has 0 unspecified atom stereocenters. The van der Waals surface area contributed by atoms with Crippen molar-refractivity contribution in [1.29, 1.82) is 0 Å². The monoisotopic (exact) mass is 295 g/mol. The standard InChI is InChI=1S/C16H25NO2S/c1-4-19-16(9-7-5-6-8-10-16)14(18)11-15-17-12(2)13(3)20-15/h4-11H2,1-3H3. The molecule has 20 heavy (non-hydrogen) atoms. The van der Waals surface area contributed by atoms with E-state index in [9.17, 15) is 4.79 Å². The number of carbonyl (C=O) groups is 1. The number of carbonyl (C=O) groups excluding carboxylic acids is 1. The Labute approximate surface area is 125 Å². The number of aryl methyl sites for hydroxylation is 2. The van der Waals surface area contributed by atoms with Gasteiger partial charge in [-0.05, 0) is 33.6 Å². The Balaban J connectivity index is 2.13. The van der Waals surface area contributed by atoms with Crippen LogP contribution in [0.25, 0.3) is 0 Å². The lowest BCUT2D eigenvalue weighted by Gasteiger charge is -2.30. The van der Waals surface area contributed by atoms with Gasteiger partial charge in [0.05, 0.1) is 12.1 Å². The lowest BCUT2D eigenvalue weighted by atomic mass is 9.88. The van der Waals surface area contributed by atoms with E-state index in [4.69, 9.17) is 4.74 Å². The van der Waals surface area contributed by atoms with Crippen molar-refractivity contribution < 1.29 is 9.53 Å². The van der Waals surface area contributed by atoms with Gasteiger partial charge in [0.2, 0.25) is 0 Å². The molecule has 0 aliphatic heterocycles. The Morgan fingerprint density at radius 2 is 1.90 bits per heavy atom. The van der Waals surface area contributed by atoms with E-state index < -0.39 is 5.60 Å². The lowest BCUT2D eigenvalue weighted by molar-refractivity contribution is -0.145. The van der Waals surface area contributed by atoms with Crippen molar-refractivity contribution in [3.8, 4) is 0 Å². The molecule has 0 amide bonds. The minimum absolute atomic E-state index is 0.231. The van der Waals surface area contributed by atoms with Crippen molar-refractivity contribution in [3.05, 3.63) is 15.6 Å². The van der Waals surface area contributed by atoms with Gasteiger partial charge in [-0.25, -0.2) is 4.98 Å². The molecule has 1 aromatic rings. The van der Waals surface area contributed by atoms with Crippen molar-refractivity contribution in [2.75, 3.05) is 6.61 Å². The van der Waals surface area contributed by atoms with Crippen LogP contribution in [0.15, 0.2) is 0 Å². The molecule has 1 heterocycles. The average molecular weight is 295 g/mol. The number of aromatic nitrogens is 1. The van der Waals surface area contributed by atoms with Gasteiger partial charge in [0.15, 0.2) is 5.78 Å². The summed E-state index contributed by atoms with van der Waals surface area (Å²) >= 11 is 1.64. The zero-order valence-electron chi connectivity index (χ0n) is 12.8. The predicted octanol–water partition coefficient (Wildman–Crippen LogP) is 4.00. The first-order chi connectivity index (χ1) is 9.57. The molecule has 1 aliphatic carbocycles. The third kappa shape index (κ3) is 3.47. The third-order valence-electron chi connectivity index (χ3n) is 4.22. The van der Waals surface area contributed by atoms with E-state index in [1.807, 2.05) is 13.8 Å². The van der Waals surface area contributed by atoms with E-state index in [1.165, 1.54) is 17.7 Å². The summed E-state index contributed by atoms with van der Waals surface area (Å²) in [5, 5.41) is 0.938. The van der Waals surface area contributed by atoms with Crippen LogP contribution in [0.4, 0.5) is 0 Å². The molecular weight excluding hydrogens is 270 g/mol. The SMILES string of the molecule is CCOC1(C(=O)Cc2nc(C)c(C)s2)CCCCCC1. The normalized spacial score (nSPS) is 18.8. The van der Waals surface area contributed by atoms with Crippen LogP contribution in [0.5, 0.6) is 0 Å². The van der Waals surface area contributed by atoms with Crippen LogP contribution in [0.1, 0.15) is 61.0 Å². The number of hydrogen-bond acceptors (Lipinski definition) is 4. The molecule has 0 atom stereocenters. The van der Waals surface area contributed by atoms with Crippen molar-refractivity contribution in [3.63, 3.8) is 0 Å². The fourth-order valence-electron chi connectivity index (χ4n) is 2.99. The van der Waals surface area contributed by atoms with Crippen molar-refractivity contribution >= 4 is 17.1 Å². The highest BCUT2D eigenvalue weighted by Gasteiger charge is 2.39. The van der Waals surface area contributed by atoms with E-state index in [2.05, 4.69) is 11.9 Å². The Morgan fingerprint density at radius 1 is 1.25 bits per heavy atom. The van der Waals surface area contributed by atoms with Crippen LogP contribution < -0.4 is 0 Å². The first-order valence-electron chi connectivity index (χ1n) is 7.67. The van der Waals surface area contributed by atoms with Crippen LogP contribution >= 0.6 is 11.3 Å². The summed E-state index contributed by atoms with van der Waals surface area (Å²) in [6.45, 7) is 6.66. The van der Waals surface area contributed by atoms with Gasteiger partial charge in [-0.3, -0.25) is 4.79 Å². The number of Topliss-reactive ketones (excluding diaryl/α,β-unsaturated/α-hetero) is 1. The number of hydrogen-bond donors (Lipinski definition) is 0. The van der Waals surface area contributed by atoms with E-state index >= 15 is 0 Å². The predicted molar refractivity (Wildman–Crippen MR) is 82.4 cm³/mol. The summed E-state index contributed by atoms with van der Waals surface area (Å²) in [6.07, 6.45) is 6.82. The van der Waals surface area contributed by atoms with Crippen LogP contribution in [-0.2, 0) is 16.0 Å². The van der Waals surface area contributed by atoms with Gasteiger partial charge in [-0.1, -0.05) is 25.7 Å².